The van der Waals surface area contributed by atoms with Gasteiger partial charge in [0, 0.05) is 6.42 Å². The summed E-state index contributed by atoms with van der Waals surface area (Å²) in [4.78, 5) is 14.9. The second-order valence-electron chi connectivity index (χ2n) is 4.85. The number of fused-ring (bicyclic) bond motifs is 1. The number of carbonyl (C=O) groups is 1. The van der Waals surface area contributed by atoms with Crippen molar-refractivity contribution < 1.29 is 9.90 Å². The van der Waals surface area contributed by atoms with Gasteiger partial charge in [0.25, 0.3) is 0 Å². The molecule has 0 saturated heterocycles. The van der Waals surface area contributed by atoms with Crippen LogP contribution in [0.3, 0.4) is 0 Å². The van der Waals surface area contributed by atoms with Crippen LogP contribution in [0.25, 0.3) is 5.65 Å². The topological polar surface area (TPSA) is 67.5 Å². The van der Waals surface area contributed by atoms with Gasteiger partial charge in [0.15, 0.2) is 5.65 Å². The number of aromatic nitrogens is 3. The predicted octanol–water partition coefficient (Wildman–Crippen LogP) is 1.95. The molecule has 0 bridgehead atoms. The van der Waals surface area contributed by atoms with Gasteiger partial charge in [0.1, 0.15) is 0 Å². The lowest BCUT2D eigenvalue weighted by molar-refractivity contribution is -0.136. The Labute approximate surface area is 105 Å². The third-order valence-corrected chi connectivity index (χ3v) is 2.64. The number of hydrogen-bond acceptors (Lipinski definition) is 3. The summed E-state index contributed by atoms with van der Waals surface area (Å²) in [6.07, 6.45) is 3.28. The van der Waals surface area contributed by atoms with E-state index < -0.39 is 5.97 Å². The summed E-state index contributed by atoms with van der Waals surface area (Å²) >= 11 is 0. The summed E-state index contributed by atoms with van der Waals surface area (Å²) in [5.74, 6) is -0.245. The fraction of sp³-hybridized carbons (Fsp3) is 0.462. The number of aryl methyl sites for hydroxylation is 1. The Morgan fingerprint density at radius 2 is 2.17 bits per heavy atom. The van der Waals surface area contributed by atoms with Crippen LogP contribution in [0.15, 0.2) is 18.3 Å². The molecule has 0 spiro atoms. The first-order chi connectivity index (χ1) is 8.54. The Bertz CT molecular complexity index is 560. The Morgan fingerprint density at radius 3 is 2.83 bits per heavy atom. The van der Waals surface area contributed by atoms with E-state index in [9.17, 15) is 4.79 Å². The van der Waals surface area contributed by atoms with Crippen molar-refractivity contribution >= 4 is 11.6 Å². The van der Waals surface area contributed by atoms with Gasteiger partial charge in [-0.2, -0.15) is 5.10 Å². The van der Waals surface area contributed by atoms with E-state index in [0.717, 1.165) is 23.5 Å². The summed E-state index contributed by atoms with van der Waals surface area (Å²) < 4.78 is 1.73. The molecule has 0 unspecified atom stereocenters. The molecule has 5 heteroatoms. The van der Waals surface area contributed by atoms with Gasteiger partial charge in [-0.05, 0) is 24.5 Å². The smallest absolute Gasteiger partial charge is 0.303 e. The van der Waals surface area contributed by atoms with E-state index in [1.807, 2.05) is 18.3 Å². The van der Waals surface area contributed by atoms with Crippen molar-refractivity contribution in [3.8, 4) is 0 Å². The first kappa shape index (κ1) is 12.5. The molecule has 2 rings (SSSR count). The molecule has 2 aromatic heterocycles. The lowest BCUT2D eigenvalue weighted by Gasteiger charge is -2.03. The van der Waals surface area contributed by atoms with Gasteiger partial charge in [-0.25, -0.2) is 9.50 Å². The van der Waals surface area contributed by atoms with Gasteiger partial charge in [0.2, 0.25) is 0 Å². The van der Waals surface area contributed by atoms with E-state index in [4.69, 9.17) is 5.11 Å². The molecular formula is C13H17N3O2. The normalized spacial score (nSPS) is 11.3. The average Bonchev–Trinajstić information content (AvgIpc) is 2.67. The van der Waals surface area contributed by atoms with Crippen molar-refractivity contribution in [2.45, 2.75) is 33.1 Å². The molecule has 0 aliphatic rings. The van der Waals surface area contributed by atoms with Crippen molar-refractivity contribution in [3.05, 3.63) is 29.7 Å². The van der Waals surface area contributed by atoms with Gasteiger partial charge < -0.3 is 5.11 Å². The Kier molecular flexibility index (Phi) is 3.60. The first-order valence-corrected chi connectivity index (χ1v) is 6.10. The minimum absolute atomic E-state index is 0.0999. The molecule has 0 fully saturated rings. The van der Waals surface area contributed by atoms with E-state index in [2.05, 4.69) is 23.9 Å². The third-order valence-electron chi connectivity index (χ3n) is 2.64. The Hall–Kier alpha value is -1.91. The summed E-state index contributed by atoms with van der Waals surface area (Å²) in [7, 11) is 0. The highest BCUT2D eigenvalue weighted by Gasteiger charge is 2.06. The quantitative estimate of drug-likeness (QED) is 0.876. The largest absolute Gasteiger partial charge is 0.481 e. The van der Waals surface area contributed by atoms with Crippen LogP contribution in [0, 0.1) is 5.92 Å². The molecule has 0 radical (unpaired) electrons. The maximum atomic E-state index is 10.5. The van der Waals surface area contributed by atoms with Crippen molar-refractivity contribution in [2.24, 2.45) is 5.92 Å². The van der Waals surface area contributed by atoms with Crippen LogP contribution >= 0.6 is 0 Å². The molecule has 0 amide bonds. The second kappa shape index (κ2) is 5.16. The first-order valence-electron chi connectivity index (χ1n) is 6.10. The minimum atomic E-state index is -0.805. The van der Waals surface area contributed by atoms with Crippen LogP contribution in [0.4, 0.5) is 0 Å². The highest BCUT2D eigenvalue weighted by molar-refractivity contribution is 5.67. The summed E-state index contributed by atoms with van der Waals surface area (Å²) in [6, 6.07) is 3.90. The zero-order valence-electron chi connectivity index (χ0n) is 10.6. The standard InChI is InChI=1S/C13H17N3O2/c1-9(2)7-10-3-5-12-14-11(4-6-13(17)18)8-16(12)15-10/h3,5,8-9H,4,6-7H2,1-2H3,(H,17,18). The van der Waals surface area contributed by atoms with E-state index in [0.29, 0.717) is 12.3 Å². The van der Waals surface area contributed by atoms with Gasteiger partial charge in [-0.15, -0.1) is 0 Å². The molecule has 0 aliphatic carbocycles. The SMILES string of the molecule is CC(C)Cc1ccc2nc(CCC(=O)O)cn2n1. The van der Waals surface area contributed by atoms with Crippen molar-refractivity contribution in [1.82, 2.24) is 14.6 Å². The number of imidazole rings is 1. The molecule has 0 atom stereocenters. The number of carboxylic acids is 1. The number of nitrogens with zero attached hydrogens (tertiary/aromatic N) is 3. The molecule has 18 heavy (non-hydrogen) atoms. The maximum Gasteiger partial charge on any atom is 0.303 e. The predicted molar refractivity (Wildman–Crippen MR) is 67.5 cm³/mol. The summed E-state index contributed by atoms with van der Waals surface area (Å²) in [5, 5.41) is 13.1. The number of rotatable bonds is 5. The molecule has 0 aliphatic heterocycles. The van der Waals surface area contributed by atoms with E-state index in [1.165, 1.54) is 0 Å². The molecule has 2 heterocycles. The fourth-order valence-corrected chi connectivity index (χ4v) is 1.85. The lowest BCUT2D eigenvalue weighted by atomic mass is 10.1. The van der Waals surface area contributed by atoms with Crippen LogP contribution in [0.1, 0.15) is 31.7 Å². The zero-order valence-corrected chi connectivity index (χ0v) is 10.6. The van der Waals surface area contributed by atoms with Crippen LogP contribution in [0.5, 0.6) is 0 Å². The average molecular weight is 247 g/mol. The van der Waals surface area contributed by atoms with Crippen molar-refractivity contribution in [3.63, 3.8) is 0 Å². The van der Waals surface area contributed by atoms with Crippen LogP contribution in [-0.4, -0.2) is 25.7 Å². The van der Waals surface area contributed by atoms with Gasteiger partial charge in [0.05, 0.1) is 24.0 Å². The van der Waals surface area contributed by atoms with E-state index in [1.54, 1.807) is 4.52 Å². The lowest BCUT2D eigenvalue weighted by Crippen LogP contribution is -2.01. The zero-order chi connectivity index (χ0) is 13.1. The fourth-order valence-electron chi connectivity index (χ4n) is 1.85. The second-order valence-corrected chi connectivity index (χ2v) is 4.85. The summed E-state index contributed by atoms with van der Waals surface area (Å²) in [5.41, 5.74) is 2.56. The maximum absolute atomic E-state index is 10.5. The molecular weight excluding hydrogens is 230 g/mol. The number of carboxylic acid groups (broad SMARTS) is 1. The summed E-state index contributed by atoms with van der Waals surface area (Å²) in [6.45, 7) is 4.30. The number of aliphatic carboxylic acids is 1. The molecule has 0 saturated carbocycles. The molecule has 1 N–H and O–H groups in total. The van der Waals surface area contributed by atoms with Crippen LogP contribution < -0.4 is 0 Å². The highest BCUT2D eigenvalue weighted by Crippen LogP contribution is 2.09. The van der Waals surface area contributed by atoms with Crippen LogP contribution in [0.2, 0.25) is 0 Å². The third kappa shape index (κ3) is 3.06. The highest BCUT2D eigenvalue weighted by atomic mass is 16.4. The monoisotopic (exact) mass is 247 g/mol. The van der Waals surface area contributed by atoms with Crippen molar-refractivity contribution in [1.29, 1.82) is 0 Å². The van der Waals surface area contributed by atoms with Crippen LogP contribution in [-0.2, 0) is 17.6 Å². The van der Waals surface area contributed by atoms with Gasteiger partial charge >= 0.3 is 5.97 Å². The molecule has 0 aromatic carbocycles. The molecule has 96 valence electrons. The molecule has 5 nitrogen and oxygen atoms in total. The molecule has 2 aromatic rings. The Morgan fingerprint density at radius 1 is 1.39 bits per heavy atom. The van der Waals surface area contributed by atoms with E-state index >= 15 is 0 Å². The number of hydrogen-bond donors (Lipinski definition) is 1. The van der Waals surface area contributed by atoms with Gasteiger partial charge in [-0.1, -0.05) is 13.8 Å². The minimum Gasteiger partial charge on any atom is -0.481 e. The van der Waals surface area contributed by atoms with E-state index in [-0.39, 0.29) is 6.42 Å². The van der Waals surface area contributed by atoms with Crippen molar-refractivity contribution in [2.75, 3.05) is 0 Å². The van der Waals surface area contributed by atoms with Gasteiger partial charge in [-0.3, -0.25) is 4.79 Å². The Balaban J connectivity index is 2.19.